The van der Waals surface area contributed by atoms with Crippen molar-refractivity contribution in [1.82, 2.24) is 10.2 Å². The van der Waals surface area contributed by atoms with Crippen LogP contribution in [0.2, 0.25) is 0 Å². The zero-order chi connectivity index (χ0) is 13.8. The number of carbonyl (C=O) groups is 1. The third-order valence-corrected chi connectivity index (χ3v) is 4.71. The van der Waals surface area contributed by atoms with Crippen molar-refractivity contribution in [2.45, 2.75) is 52.1 Å². The first-order chi connectivity index (χ1) is 9.15. The molecule has 3 unspecified atom stereocenters. The Balaban J connectivity index is 2.11. The summed E-state index contributed by atoms with van der Waals surface area (Å²) in [6.45, 7) is 9.70. The van der Waals surface area contributed by atoms with Gasteiger partial charge in [0.05, 0.1) is 6.61 Å². The van der Waals surface area contributed by atoms with Crippen LogP contribution in [0.15, 0.2) is 0 Å². The lowest BCUT2D eigenvalue weighted by Crippen LogP contribution is -2.61. The molecule has 3 atom stereocenters. The van der Waals surface area contributed by atoms with Crippen molar-refractivity contribution in [1.29, 1.82) is 0 Å². The van der Waals surface area contributed by atoms with Crippen molar-refractivity contribution in [2.75, 3.05) is 26.2 Å². The average molecular weight is 268 g/mol. The van der Waals surface area contributed by atoms with Gasteiger partial charge in [0.15, 0.2) is 0 Å². The highest BCUT2D eigenvalue weighted by molar-refractivity contribution is 5.76. The predicted octanol–water partition coefficient (Wildman–Crippen LogP) is 1.65. The van der Waals surface area contributed by atoms with E-state index < -0.39 is 0 Å². The Bertz CT molecular complexity index is 299. The summed E-state index contributed by atoms with van der Waals surface area (Å²) < 4.78 is 5.25. The molecule has 4 nitrogen and oxygen atoms in total. The summed E-state index contributed by atoms with van der Waals surface area (Å²) in [6.07, 6.45) is 3.90. The lowest BCUT2D eigenvalue weighted by molar-refractivity contribution is -0.153. The smallest absolute Gasteiger partial charge is 0.324 e. The van der Waals surface area contributed by atoms with E-state index in [1.165, 1.54) is 19.3 Å². The van der Waals surface area contributed by atoms with E-state index in [0.29, 0.717) is 24.5 Å². The molecule has 2 rings (SSSR count). The number of hydrogen-bond donors (Lipinski definition) is 1. The van der Waals surface area contributed by atoms with Crippen molar-refractivity contribution >= 4 is 5.97 Å². The molecule has 0 radical (unpaired) electrons. The number of nitrogens with zero attached hydrogens (tertiary/aromatic N) is 1. The zero-order valence-corrected chi connectivity index (χ0v) is 12.5. The summed E-state index contributed by atoms with van der Waals surface area (Å²) in [5.74, 6) is 1.30. The summed E-state index contributed by atoms with van der Waals surface area (Å²) in [4.78, 5) is 14.6. The van der Waals surface area contributed by atoms with Gasteiger partial charge in [-0.1, -0.05) is 20.3 Å². The molecule has 2 aliphatic rings. The molecule has 4 heteroatoms. The molecule has 0 spiro atoms. The van der Waals surface area contributed by atoms with E-state index in [9.17, 15) is 4.79 Å². The number of nitrogens with one attached hydrogen (secondary N) is 1. The van der Waals surface area contributed by atoms with Crippen LogP contribution in [0, 0.1) is 11.8 Å². The van der Waals surface area contributed by atoms with E-state index in [1.54, 1.807) is 0 Å². The first-order valence-corrected chi connectivity index (χ1v) is 7.78. The highest BCUT2D eigenvalue weighted by Gasteiger charge is 2.40. The Hall–Kier alpha value is -0.610. The van der Waals surface area contributed by atoms with Gasteiger partial charge in [-0.15, -0.1) is 0 Å². The minimum Gasteiger partial charge on any atom is -0.465 e. The summed E-state index contributed by atoms with van der Waals surface area (Å²) >= 11 is 0. The summed E-state index contributed by atoms with van der Waals surface area (Å²) in [5.41, 5.74) is 0. The fourth-order valence-electron chi connectivity index (χ4n) is 3.85. The molecule has 110 valence electrons. The highest BCUT2D eigenvalue weighted by Crippen LogP contribution is 2.34. The molecule has 1 aliphatic carbocycles. The molecular weight excluding hydrogens is 240 g/mol. The van der Waals surface area contributed by atoms with E-state index >= 15 is 0 Å². The van der Waals surface area contributed by atoms with Crippen LogP contribution in [0.4, 0.5) is 0 Å². The normalized spacial score (nSPS) is 37.0. The summed E-state index contributed by atoms with van der Waals surface area (Å²) in [6, 6.07) is 0.437. The fourth-order valence-corrected chi connectivity index (χ4v) is 3.85. The third-order valence-electron chi connectivity index (χ3n) is 4.71. The Morgan fingerprint density at radius 3 is 2.63 bits per heavy atom. The van der Waals surface area contributed by atoms with Gasteiger partial charge >= 0.3 is 5.97 Å². The molecule has 0 aromatic carbocycles. The van der Waals surface area contributed by atoms with Crippen molar-refractivity contribution in [3.8, 4) is 0 Å². The third kappa shape index (κ3) is 3.29. The number of esters is 1. The number of hydrogen-bond acceptors (Lipinski definition) is 4. The van der Waals surface area contributed by atoms with Crippen LogP contribution in [0.3, 0.4) is 0 Å². The first kappa shape index (κ1) is 14.8. The zero-order valence-electron chi connectivity index (χ0n) is 12.5. The maximum absolute atomic E-state index is 12.2. The Morgan fingerprint density at radius 1 is 1.32 bits per heavy atom. The lowest BCUT2D eigenvalue weighted by atomic mass is 9.77. The second kappa shape index (κ2) is 6.71. The molecule has 0 aromatic rings. The van der Waals surface area contributed by atoms with Crippen molar-refractivity contribution in [3.63, 3.8) is 0 Å². The minimum atomic E-state index is -0.0956. The number of rotatable bonds is 3. The number of carbonyl (C=O) groups excluding carboxylic acids is 1. The van der Waals surface area contributed by atoms with Crippen molar-refractivity contribution in [3.05, 3.63) is 0 Å². The van der Waals surface area contributed by atoms with Gasteiger partial charge in [0.1, 0.15) is 6.04 Å². The predicted molar refractivity (Wildman–Crippen MR) is 76.0 cm³/mol. The fraction of sp³-hybridized carbons (Fsp3) is 0.933. The van der Waals surface area contributed by atoms with Crippen LogP contribution in [0.1, 0.15) is 40.0 Å². The summed E-state index contributed by atoms with van der Waals surface area (Å²) in [7, 11) is 0. The van der Waals surface area contributed by atoms with Crippen LogP contribution in [0.5, 0.6) is 0 Å². The van der Waals surface area contributed by atoms with Gasteiger partial charge in [0.25, 0.3) is 0 Å². The van der Waals surface area contributed by atoms with Gasteiger partial charge in [0, 0.05) is 25.7 Å². The SMILES string of the molecule is CCOC(=O)C1CNCCN1C1C(C)CCCC1C. The van der Waals surface area contributed by atoms with Crippen LogP contribution >= 0.6 is 0 Å². The largest absolute Gasteiger partial charge is 0.465 e. The van der Waals surface area contributed by atoms with Crippen molar-refractivity contribution in [2.24, 2.45) is 11.8 Å². The van der Waals surface area contributed by atoms with Gasteiger partial charge in [-0.05, 0) is 31.6 Å². The van der Waals surface area contributed by atoms with Crippen molar-refractivity contribution < 1.29 is 9.53 Å². The molecule has 0 amide bonds. The standard InChI is InChI=1S/C15H28N2O2/c1-4-19-15(18)13-10-16-8-9-17(13)14-11(2)6-5-7-12(14)3/h11-14,16H,4-10H2,1-3H3. The number of piperazine rings is 1. The maximum atomic E-state index is 12.2. The summed E-state index contributed by atoms with van der Waals surface area (Å²) in [5, 5.41) is 3.33. The van der Waals surface area contributed by atoms with Crippen LogP contribution in [-0.2, 0) is 9.53 Å². The molecule has 1 aliphatic heterocycles. The van der Waals surface area contributed by atoms with E-state index in [-0.39, 0.29) is 12.0 Å². The molecule has 1 saturated heterocycles. The lowest BCUT2D eigenvalue weighted by Gasteiger charge is -2.47. The molecule has 0 bridgehead atoms. The van der Waals surface area contributed by atoms with E-state index in [1.807, 2.05) is 6.92 Å². The monoisotopic (exact) mass is 268 g/mol. The Morgan fingerprint density at radius 2 is 2.00 bits per heavy atom. The highest BCUT2D eigenvalue weighted by atomic mass is 16.5. The van der Waals surface area contributed by atoms with E-state index in [2.05, 4.69) is 24.1 Å². The first-order valence-electron chi connectivity index (χ1n) is 7.78. The second-order valence-electron chi connectivity index (χ2n) is 6.09. The van der Waals surface area contributed by atoms with Gasteiger partial charge in [-0.25, -0.2) is 0 Å². The molecule has 1 heterocycles. The van der Waals surface area contributed by atoms with Crippen LogP contribution in [-0.4, -0.2) is 49.2 Å². The van der Waals surface area contributed by atoms with Crippen LogP contribution < -0.4 is 5.32 Å². The topological polar surface area (TPSA) is 41.6 Å². The van der Waals surface area contributed by atoms with Gasteiger partial charge in [0.2, 0.25) is 0 Å². The second-order valence-corrected chi connectivity index (χ2v) is 6.09. The molecule has 19 heavy (non-hydrogen) atoms. The average Bonchev–Trinajstić information content (AvgIpc) is 2.39. The van der Waals surface area contributed by atoms with Crippen LogP contribution in [0.25, 0.3) is 0 Å². The molecule has 0 aromatic heterocycles. The van der Waals surface area contributed by atoms with Gasteiger partial charge in [-0.3, -0.25) is 9.69 Å². The quantitative estimate of drug-likeness (QED) is 0.790. The van der Waals surface area contributed by atoms with E-state index in [0.717, 1.165) is 19.6 Å². The minimum absolute atomic E-state index is 0.0559. The molecule has 1 saturated carbocycles. The van der Waals surface area contributed by atoms with Gasteiger partial charge in [-0.2, -0.15) is 0 Å². The molecule has 1 N–H and O–H groups in total. The molecule has 2 fully saturated rings. The number of ether oxygens (including phenoxy) is 1. The van der Waals surface area contributed by atoms with E-state index in [4.69, 9.17) is 4.74 Å². The Kier molecular flexibility index (Phi) is 5.22. The van der Waals surface area contributed by atoms with Gasteiger partial charge < -0.3 is 10.1 Å². The molecular formula is C15H28N2O2. The Labute approximate surface area is 116 Å². The maximum Gasteiger partial charge on any atom is 0.324 e.